The third-order valence-corrected chi connectivity index (χ3v) is 4.41. The molecule has 2 aromatic carbocycles. The van der Waals surface area contributed by atoms with Gasteiger partial charge in [-0.25, -0.2) is 5.48 Å². The van der Waals surface area contributed by atoms with Gasteiger partial charge in [0.2, 0.25) is 0 Å². The number of nitrogens with zero attached hydrogens (tertiary/aromatic N) is 1. The minimum absolute atomic E-state index is 0.331. The van der Waals surface area contributed by atoms with Crippen LogP contribution < -0.4 is 10.3 Å². The molecule has 28 heavy (non-hydrogen) atoms. The molecule has 5 heteroatoms. The van der Waals surface area contributed by atoms with Gasteiger partial charge in [0.05, 0.1) is 5.71 Å². The van der Waals surface area contributed by atoms with E-state index >= 15 is 0 Å². The number of carbonyl (C=O) groups is 1. The minimum atomic E-state index is -0.574. The molecule has 1 amide bonds. The number of nitrogens with one attached hydrogen (secondary N) is 1. The van der Waals surface area contributed by atoms with Gasteiger partial charge in [-0.3, -0.25) is 10.0 Å². The molecule has 0 bridgehead atoms. The van der Waals surface area contributed by atoms with Crippen molar-refractivity contribution in [1.82, 2.24) is 5.48 Å². The summed E-state index contributed by atoms with van der Waals surface area (Å²) >= 11 is 0. The van der Waals surface area contributed by atoms with Crippen molar-refractivity contribution in [2.75, 3.05) is 0 Å². The third-order valence-electron chi connectivity index (χ3n) is 4.41. The Balaban J connectivity index is 1.86. The second kappa shape index (κ2) is 9.48. The fourth-order valence-electron chi connectivity index (χ4n) is 2.88. The third kappa shape index (κ3) is 5.05. The van der Waals surface area contributed by atoms with Crippen LogP contribution in [0.1, 0.15) is 34.3 Å². The molecule has 3 rings (SSSR count). The summed E-state index contributed by atoms with van der Waals surface area (Å²) in [6.07, 6.45) is 10.4. The molecule has 2 N–H and O–H groups in total. The molecule has 1 aliphatic rings. The molecule has 0 radical (unpaired) electrons. The highest BCUT2D eigenvalue weighted by atomic mass is 16.6. The largest absolute Gasteiger partial charge is 0.357 e. The monoisotopic (exact) mass is 374 g/mol. The van der Waals surface area contributed by atoms with Crippen LogP contribution in [0.4, 0.5) is 0 Å². The molecule has 0 spiro atoms. The fourth-order valence-corrected chi connectivity index (χ4v) is 2.88. The van der Waals surface area contributed by atoms with Gasteiger partial charge >= 0.3 is 0 Å². The van der Waals surface area contributed by atoms with Crippen molar-refractivity contribution in [2.24, 2.45) is 5.16 Å². The Labute approximate surface area is 164 Å². The quantitative estimate of drug-likeness (QED) is 0.610. The molecule has 0 aliphatic heterocycles. The molecule has 0 fully saturated rings. The van der Waals surface area contributed by atoms with Crippen molar-refractivity contribution in [2.45, 2.75) is 19.3 Å². The Morgan fingerprint density at radius 1 is 1.07 bits per heavy atom. The van der Waals surface area contributed by atoms with Crippen LogP contribution in [0.25, 0.3) is 0 Å². The van der Waals surface area contributed by atoms with Crippen LogP contribution in [0.5, 0.6) is 5.75 Å². The number of hydrogen-bond acceptors (Lipinski definition) is 4. The molecule has 0 aromatic heterocycles. The molecule has 1 aliphatic carbocycles. The zero-order chi connectivity index (χ0) is 19.8. The average molecular weight is 374 g/mol. The van der Waals surface area contributed by atoms with Crippen LogP contribution in [-0.2, 0) is 6.42 Å². The summed E-state index contributed by atoms with van der Waals surface area (Å²) in [5, 5.41) is 13.1. The molecule has 0 saturated carbocycles. The summed E-state index contributed by atoms with van der Waals surface area (Å²) in [5.74, 6) is -0.0685. The van der Waals surface area contributed by atoms with E-state index in [-0.39, 0.29) is 0 Å². The van der Waals surface area contributed by atoms with Gasteiger partial charge in [-0.2, -0.15) is 0 Å². The lowest BCUT2D eigenvalue weighted by atomic mass is 9.96. The van der Waals surface area contributed by atoms with E-state index in [9.17, 15) is 4.79 Å². The van der Waals surface area contributed by atoms with Gasteiger partial charge in [0.1, 0.15) is 0 Å². The maximum atomic E-state index is 11.4. The molecule has 5 nitrogen and oxygen atoms in total. The van der Waals surface area contributed by atoms with Gasteiger partial charge in [0, 0.05) is 17.5 Å². The number of rotatable bonds is 3. The van der Waals surface area contributed by atoms with Crippen molar-refractivity contribution in [3.63, 3.8) is 0 Å². The Morgan fingerprint density at radius 2 is 1.86 bits per heavy atom. The first-order valence-electron chi connectivity index (χ1n) is 9.05. The summed E-state index contributed by atoms with van der Waals surface area (Å²) in [6, 6.07) is 14.6. The number of allylic oxidation sites excluding steroid dienone is 5. The molecule has 0 heterocycles. The zero-order valence-electron chi connectivity index (χ0n) is 15.5. The SMILES string of the molecule is C=C1/C=C\C=C/C/C(=N\Oc2ccc(C(=O)NO)cc2)c2ccccc2CC1. The number of fused-ring (bicyclic) bond motifs is 1. The second-order valence-corrected chi connectivity index (χ2v) is 6.40. The highest BCUT2D eigenvalue weighted by molar-refractivity contribution is 6.02. The van der Waals surface area contributed by atoms with Crippen molar-refractivity contribution in [1.29, 1.82) is 0 Å². The van der Waals surface area contributed by atoms with Crippen molar-refractivity contribution >= 4 is 11.6 Å². The van der Waals surface area contributed by atoms with Crippen molar-refractivity contribution in [3.8, 4) is 5.75 Å². The zero-order valence-corrected chi connectivity index (χ0v) is 15.5. The number of oxime groups is 1. The van der Waals surface area contributed by atoms with Gasteiger partial charge in [-0.15, -0.1) is 0 Å². The fraction of sp³-hybridized carbons (Fsp3) is 0.130. The second-order valence-electron chi connectivity index (χ2n) is 6.40. The van der Waals surface area contributed by atoms with Crippen LogP contribution in [0.15, 0.2) is 90.1 Å². The summed E-state index contributed by atoms with van der Waals surface area (Å²) in [4.78, 5) is 17.0. The van der Waals surface area contributed by atoms with Crippen LogP contribution in [0.3, 0.4) is 0 Å². The summed E-state index contributed by atoms with van der Waals surface area (Å²) < 4.78 is 0. The molecule has 0 saturated heterocycles. The van der Waals surface area contributed by atoms with E-state index in [1.165, 1.54) is 5.56 Å². The lowest BCUT2D eigenvalue weighted by Crippen LogP contribution is -2.18. The van der Waals surface area contributed by atoms with E-state index in [0.717, 1.165) is 29.7 Å². The standard InChI is InChI=1S/C23H22N2O3/c1-17-7-3-2-4-10-22(21-9-6-5-8-18(21)12-11-17)25-28-20-15-13-19(14-16-20)23(26)24-27/h2-9,13-16,27H,1,10-12H2,(H,24,26)/b4-2-,7-3-,25-22+. The van der Waals surface area contributed by atoms with E-state index in [1.54, 1.807) is 29.7 Å². The topological polar surface area (TPSA) is 70.9 Å². The van der Waals surface area contributed by atoms with Crippen molar-refractivity contribution in [3.05, 3.63) is 102 Å². The molecule has 142 valence electrons. The van der Waals surface area contributed by atoms with Crippen LogP contribution in [0.2, 0.25) is 0 Å². The predicted octanol–water partition coefficient (Wildman–Crippen LogP) is 4.59. The predicted molar refractivity (Wildman–Crippen MR) is 110 cm³/mol. The Morgan fingerprint density at radius 3 is 2.64 bits per heavy atom. The Hall–Kier alpha value is -3.44. The number of hydrogen-bond donors (Lipinski definition) is 2. The number of aryl methyl sites for hydroxylation is 1. The van der Waals surface area contributed by atoms with E-state index < -0.39 is 5.91 Å². The van der Waals surface area contributed by atoms with Crippen LogP contribution >= 0.6 is 0 Å². The molecular formula is C23H22N2O3. The van der Waals surface area contributed by atoms with Gasteiger partial charge in [-0.05, 0) is 42.7 Å². The minimum Gasteiger partial charge on any atom is -0.357 e. The smallest absolute Gasteiger partial charge is 0.274 e. The van der Waals surface area contributed by atoms with Gasteiger partial charge in [-0.1, -0.05) is 65.9 Å². The molecule has 2 aromatic rings. The molecule has 0 atom stereocenters. The maximum Gasteiger partial charge on any atom is 0.274 e. The average Bonchev–Trinajstić information content (AvgIpc) is 2.77. The first kappa shape index (κ1) is 19.3. The van der Waals surface area contributed by atoms with Gasteiger partial charge < -0.3 is 4.84 Å². The first-order valence-corrected chi connectivity index (χ1v) is 9.05. The van der Waals surface area contributed by atoms with E-state index in [0.29, 0.717) is 17.7 Å². The summed E-state index contributed by atoms with van der Waals surface area (Å²) in [6.45, 7) is 4.09. The number of benzene rings is 2. The number of hydroxylamine groups is 1. The van der Waals surface area contributed by atoms with Gasteiger partial charge in [0.15, 0.2) is 5.75 Å². The highest BCUT2D eigenvalue weighted by Gasteiger charge is 2.10. The Bertz CT molecular complexity index is 941. The van der Waals surface area contributed by atoms with E-state index in [2.05, 4.69) is 17.8 Å². The van der Waals surface area contributed by atoms with Crippen LogP contribution in [-0.4, -0.2) is 16.8 Å². The lowest BCUT2D eigenvalue weighted by molar-refractivity contribution is 0.0706. The van der Waals surface area contributed by atoms with E-state index in [1.807, 2.05) is 42.5 Å². The summed E-state index contributed by atoms with van der Waals surface area (Å²) in [5.41, 5.74) is 6.09. The number of amides is 1. The van der Waals surface area contributed by atoms with Gasteiger partial charge in [0.25, 0.3) is 5.91 Å². The summed E-state index contributed by atoms with van der Waals surface area (Å²) in [7, 11) is 0. The Kier molecular flexibility index (Phi) is 6.54. The lowest BCUT2D eigenvalue weighted by Gasteiger charge is -2.11. The first-order chi connectivity index (χ1) is 13.7. The molecule has 0 unspecified atom stereocenters. The normalized spacial score (nSPS) is 17.9. The maximum absolute atomic E-state index is 11.4. The molecular weight excluding hydrogens is 352 g/mol. The van der Waals surface area contributed by atoms with E-state index in [4.69, 9.17) is 10.0 Å². The highest BCUT2D eigenvalue weighted by Crippen LogP contribution is 2.19. The van der Waals surface area contributed by atoms with Crippen molar-refractivity contribution < 1.29 is 14.8 Å². The number of carbonyl (C=O) groups excluding carboxylic acids is 1. The van der Waals surface area contributed by atoms with Crippen LogP contribution in [0, 0.1) is 0 Å².